The van der Waals surface area contributed by atoms with Crippen molar-refractivity contribution in [2.24, 2.45) is 0 Å². The lowest BCUT2D eigenvalue weighted by Gasteiger charge is -2.23. The van der Waals surface area contributed by atoms with Gasteiger partial charge < -0.3 is 14.8 Å². The molecule has 1 heterocycles. The highest BCUT2D eigenvalue weighted by atomic mass is 16.5. The molecule has 3 nitrogen and oxygen atoms in total. The number of nitrogens with one attached hydrogen (secondary N) is 1. The second kappa shape index (κ2) is 6.76. The standard InChI is InChI=1S/C15H23NO2/c1-12-6-7-15(13(9-12)10-16-2)18-11-14-5-3-4-8-17-14/h6-7,9,14,16H,3-5,8,10-11H2,1-2H3. The zero-order chi connectivity index (χ0) is 12.8. The van der Waals surface area contributed by atoms with Crippen molar-refractivity contribution < 1.29 is 9.47 Å². The first-order valence-corrected chi connectivity index (χ1v) is 6.78. The highest BCUT2D eigenvalue weighted by molar-refractivity contribution is 5.36. The summed E-state index contributed by atoms with van der Waals surface area (Å²) in [6, 6.07) is 6.33. The third-order valence-electron chi connectivity index (χ3n) is 3.28. The Morgan fingerprint density at radius 1 is 1.39 bits per heavy atom. The molecule has 1 fully saturated rings. The molecule has 1 saturated heterocycles. The molecule has 0 spiro atoms. The Labute approximate surface area is 109 Å². The van der Waals surface area contributed by atoms with Gasteiger partial charge in [0.15, 0.2) is 0 Å². The largest absolute Gasteiger partial charge is 0.491 e. The second-order valence-electron chi connectivity index (χ2n) is 4.94. The number of aryl methyl sites for hydroxylation is 1. The van der Waals surface area contributed by atoms with E-state index in [1.165, 1.54) is 24.0 Å². The van der Waals surface area contributed by atoms with Crippen LogP contribution in [-0.2, 0) is 11.3 Å². The highest BCUT2D eigenvalue weighted by Gasteiger charge is 2.15. The lowest BCUT2D eigenvalue weighted by atomic mass is 10.1. The fourth-order valence-corrected chi connectivity index (χ4v) is 2.30. The SMILES string of the molecule is CNCc1cc(C)ccc1OCC1CCCCO1. The van der Waals surface area contributed by atoms with Crippen LogP contribution in [0.2, 0.25) is 0 Å². The maximum Gasteiger partial charge on any atom is 0.123 e. The van der Waals surface area contributed by atoms with Crippen LogP contribution in [-0.4, -0.2) is 26.4 Å². The molecule has 1 unspecified atom stereocenters. The van der Waals surface area contributed by atoms with E-state index in [1.807, 2.05) is 7.05 Å². The molecule has 1 aromatic rings. The van der Waals surface area contributed by atoms with E-state index in [-0.39, 0.29) is 6.10 Å². The molecule has 1 N–H and O–H groups in total. The molecule has 1 aliphatic rings. The minimum atomic E-state index is 0.266. The second-order valence-corrected chi connectivity index (χ2v) is 4.94. The van der Waals surface area contributed by atoms with E-state index in [0.717, 1.165) is 25.3 Å². The molecule has 0 radical (unpaired) electrons. The van der Waals surface area contributed by atoms with Crippen molar-refractivity contribution >= 4 is 0 Å². The maximum absolute atomic E-state index is 5.92. The van der Waals surface area contributed by atoms with Crippen molar-refractivity contribution in [3.8, 4) is 5.75 Å². The van der Waals surface area contributed by atoms with Crippen LogP contribution in [0.5, 0.6) is 5.75 Å². The van der Waals surface area contributed by atoms with Crippen LogP contribution in [0.3, 0.4) is 0 Å². The summed E-state index contributed by atoms with van der Waals surface area (Å²) in [5.74, 6) is 0.976. The van der Waals surface area contributed by atoms with E-state index < -0.39 is 0 Å². The number of hydrogen-bond donors (Lipinski definition) is 1. The van der Waals surface area contributed by atoms with Crippen molar-refractivity contribution in [3.05, 3.63) is 29.3 Å². The van der Waals surface area contributed by atoms with E-state index in [1.54, 1.807) is 0 Å². The maximum atomic E-state index is 5.92. The fourth-order valence-electron chi connectivity index (χ4n) is 2.30. The molecule has 0 bridgehead atoms. The Balaban J connectivity index is 1.94. The topological polar surface area (TPSA) is 30.5 Å². The Bertz CT molecular complexity index is 373. The predicted octanol–water partition coefficient (Wildman–Crippen LogP) is 2.66. The van der Waals surface area contributed by atoms with Crippen molar-refractivity contribution in [1.29, 1.82) is 0 Å². The lowest BCUT2D eigenvalue weighted by molar-refractivity contribution is -0.0112. The summed E-state index contributed by atoms with van der Waals surface area (Å²) in [5, 5.41) is 3.18. The van der Waals surface area contributed by atoms with Gasteiger partial charge in [0.2, 0.25) is 0 Å². The first-order chi connectivity index (χ1) is 8.79. The minimum absolute atomic E-state index is 0.266. The first-order valence-electron chi connectivity index (χ1n) is 6.78. The smallest absolute Gasteiger partial charge is 0.123 e. The van der Waals surface area contributed by atoms with Gasteiger partial charge in [-0.25, -0.2) is 0 Å². The van der Waals surface area contributed by atoms with E-state index >= 15 is 0 Å². The summed E-state index contributed by atoms with van der Waals surface area (Å²) in [5.41, 5.74) is 2.48. The van der Waals surface area contributed by atoms with Crippen LogP contribution in [0.1, 0.15) is 30.4 Å². The molecular weight excluding hydrogens is 226 g/mol. The van der Waals surface area contributed by atoms with Gasteiger partial charge in [0.05, 0.1) is 6.10 Å². The van der Waals surface area contributed by atoms with Gasteiger partial charge in [0, 0.05) is 18.7 Å². The summed E-state index contributed by atoms with van der Waals surface area (Å²) in [7, 11) is 1.95. The highest BCUT2D eigenvalue weighted by Crippen LogP contribution is 2.21. The van der Waals surface area contributed by atoms with Gasteiger partial charge in [-0.1, -0.05) is 17.7 Å². The van der Waals surface area contributed by atoms with Gasteiger partial charge >= 0.3 is 0 Å². The molecule has 3 heteroatoms. The van der Waals surface area contributed by atoms with Crippen LogP contribution in [0.4, 0.5) is 0 Å². The molecule has 100 valence electrons. The molecule has 0 aliphatic carbocycles. The van der Waals surface area contributed by atoms with Crippen LogP contribution in [0.25, 0.3) is 0 Å². The monoisotopic (exact) mass is 249 g/mol. The Hall–Kier alpha value is -1.06. The Morgan fingerprint density at radius 2 is 2.28 bits per heavy atom. The molecule has 2 rings (SSSR count). The third-order valence-corrected chi connectivity index (χ3v) is 3.28. The lowest BCUT2D eigenvalue weighted by Crippen LogP contribution is -2.26. The van der Waals surface area contributed by atoms with E-state index in [9.17, 15) is 0 Å². The van der Waals surface area contributed by atoms with Crippen LogP contribution < -0.4 is 10.1 Å². The van der Waals surface area contributed by atoms with Crippen molar-refractivity contribution in [2.75, 3.05) is 20.3 Å². The number of rotatable bonds is 5. The molecular formula is C15H23NO2. The van der Waals surface area contributed by atoms with Gasteiger partial charge in [-0.15, -0.1) is 0 Å². The average Bonchev–Trinajstić information content (AvgIpc) is 2.39. The zero-order valence-electron chi connectivity index (χ0n) is 11.4. The van der Waals surface area contributed by atoms with Crippen molar-refractivity contribution in [2.45, 2.75) is 38.8 Å². The van der Waals surface area contributed by atoms with Gasteiger partial charge in [-0.3, -0.25) is 0 Å². The number of hydrogen-bond acceptors (Lipinski definition) is 3. The van der Waals surface area contributed by atoms with Crippen LogP contribution in [0, 0.1) is 6.92 Å². The van der Waals surface area contributed by atoms with Gasteiger partial charge in [0.1, 0.15) is 12.4 Å². The first kappa shape index (κ1) is 13.4. The summed E-state index contributed by atoms with van der Waals surface area (Å²) < 4.78 is 11.6. The van der Waals surface area contributed by atoms with E-state index in [4.69, 9.17) is 9.47 Å². The summed E-state index contributed by atoms with van der Waals surface area (Å²) in [4.78, 5) is 0. The molecule has 0 aromatic heterocycles. The molecule has 0 saturated carbocycles. The van der Waals surface area contributed by atoms with Crippen molar-refractivity contribution in [1.82, 2.24) is 5.32 Å². The normalized spacial score (nSPS) is 19.8. The Morgan fingerprint density at radius 3 is 3.00 bits per heavy atom. The summed E-state index contributed by atoms with van der Waals surface area (Å²) >= 11 is 0. The van der Waals surface area contributed by atoms with Crippen molar-refractivity contribution in [3.63, 3.8) is 0 Å². The van der Waals surface area contributed by atoms with E-state index in [2.05, 4.69) is 30.4 Å². The number of ether oxygens (including phenoxy) is 2. The molecule has 1 aliphatic heterocycles. The molecule has 18 heavy (non-hydrogen) atoms. The summed E-state index contributed by atoms with van der Waals surface area (Å²) in [6.07, 6.45) is 3.83. The predicted molar refractivity (Wildman–Crippen MR) is 73.0 cm³/mol. The van der Waals surface area contributed by atoms with Gasteiger partial charge in [-0.2, -0.15) is 0 Å². The number of benzene rings is 1. The Kier molecular flexibility index (Phi) is 5.02. The third kappa shape index (κ3) is 3.72. The summed E-state index contributed by atoms with van der Waals surface area (Å²) in [6.45, 7) is 4.49. The van der Waals surface area contributed by atoms with Crippen LogP contribution in [0.15, 0.2) is 18.2 Å². The zero-order valence-corrected chi connectivity index (χ0v) is 11.4. The van der Waals surface area contributed by atoms with E-state index in [0.29, 0.717) is 6.61 Å². The van der Waals surface area contributed by atoms with Gasteiger partial charge in [-0.05, 0) is 39.3 Å². The average molecular weight is 249 g/mol. The quantitative estimate of drug-likeness (QED) is 0.870. The minimum Gasteiger partial charge on any atom is -0.491 e. The molecule has 1 atom stereocenters. The molecule has 1 aromatic carbocycles. The molecule has 0 amide bonds. The van der Waals surface area contributed by atoms with Crippen LogP contribution >= 0.6 is 0 Å². The van der Waals surface area contributed by atoms with Gasteiger partial charge in [0.25, 0.3) is 0 Å². The fraction of sp³-hybridized carbons (Fsp3) is 0.600.